The Hall–Kier alpha value is -0.820. The quantitative estimate of drug-likeness (QED) is 0.777. The lowest BCUT2D eigenvalue weighted by atomic mass is 9.82. The predicted octanol–water partition coefficient (Wildman–Crippen LogP) is 3.61. The average molecular weight is 205 g/mol. The first-order valence-corrected chi connectivity index (χ1v) is 5.60. The van der Waals surface area contributed by atoms with Gasteiger partial charge in [0, 0.05) is 6.04 Å². The molecule has 1 aromatic rings. The molecule has 1 nitrogen and oxygen atoms in total. The van der Waals surface area contributed by atoms with E-state index in [1.165, 1.54) is 16.7 Å². The van der Waals surface area contributed by atoms with E-state index in [0.717, 1.165) is 0 Å². The van der Waals surface area contributed by atoms with Gasteiger partial charge in [-0.15, -0.1) is 0 Å². The van der Waals surface area contributed by atoms with Gasteiger partial charge in [0.2, 0.25) is 0 Å². The minimum Gasteiger partial charge on any atom is -0.313 e. The lowest BCUT2D eigenvalue weighted by Gasteiger charge is -2.31. The van der Waals surface area contributed by atoms with Gasteiger partial charge in [0.1, 0.15) is 0 Å². The molecule has 1 N–H and O–H groups in total. The van der Waals surface area contributed by atoms with Crippen LogP contribution in [0.25, 0.3) is 0 Å². The highest BCUT2D eigenvalue weighted by atomic mass is 14.9. The maximum atomic E-state index is 3.40. The van der Waals surface area contributed by atoms with Gasteiger partial charge in [-0.05, 0) is 43.0 Å². The van der Waals surface area contributed by atoms with Crippen LogP contribution in [0.2, 0.25) is 0 Å². The molecule has 0 bridgehead atoms. The lowest BCUT2D eigenvalue weighted by molar-refractivity contribution is 0.287. The van der Waals surface area contributed by atoms with Gasteiger partial charge in [0.05, 0.1) is 0 Å². The number of hydrogen-bond donors (Lipinski definition) is 1. The fourth-order valence-electron chi connectivity index (χ4n) is 2.04. The number of benzene rings is 1. The van der Waals surface area contributed by atoms with Gasteiger partial charge in [-0.1, -0.05) is 39.0 Å². The summed E-state index contributed by atoms with van der Waals surface area (Å²) < 4.78 is 0. The maximum absolute atomic E-state index is 3.40. The molecule has 0 radical (unpaired) electrons. The monoisotopic (exact) mass is 205 g/mol. The van der Waals surface area contributed by atoms with Gasteiger partial charge in [0.25, 0.3) is 0 Å². The molecule has 0 aliphatic carbocycles. The van der Waals surface area contributed by atoms with Crippen molar-refractivity contribution in [2.75, 3.05) is 7.05 Å². The van der Waals surface area contributed by atoms with Crippen LogP contribution in [0.5, 0.6) is 0 Å². The van der Waals surface area contributed by atoms with Crippen LogP contribution in [0.15, 0.2) is 18.2 Å². The van der Waals surface area contributed by atoms with Gasteiger partial charge in [-0.2, -0.15) is 0 Å². The summed E-state index contributed by atoms with van der Waals surface area (Å²) >= 11 is 0. The maximum Gasteiger partial charge on any atom is 0.0366 e. The van der Waals surface area contributed by atoms with Crippen molar-refractivity contribution in [1.29, 1.82) is 0 Å². The molecule has 1 unspecified atom stereocenters. The molecule has 1 atom stereocenters. The molecule has 1 rings (SSSR count). The number of aryl methyl sites for hydroxylation is 2. The zero-order chi connectivity index (χ0) is 11.6. The molecule has 0 fully saturated rings. The molecule has 1 aromatic carbocycles. The van der Waals surface area contributed by atoms with Crippen molar-refractivity contribution in [3.8, 4) is 0 Å². The second kappa shape index (κ2) is 4.36. The zero-order valence-corrected chi connectivity index (χ0v) is 10.8. The van der Waals surface area contributed by atoms with E-state index in [-0.39, 0.29) is 5.41 Å². The van der Waals surface area contributed by atoms with Crippen molar-refractivity contribution in [3.05, 3.63) is 34.9 Å². The SMILES string of the molecule is CNC(c1ccc(C)c(C)c1)C(C)(C)C. The van der Waals surface area contributed by atoms with Crippen LogP contribution in [0, 0.1) is 19.3 Å². The summed E-state index contributed by atoms with van der Waals surface area (Å²) in [5.41, 5.74) is 4.36. The van der Waals surface area contributed by atoms with E-state index >= 15 is 0 Å². The highest BCUT2D eigenvalue weighted by molar-refractivity contribution is 5.32. The molecule has 1 heteroatoms. The highest BCUT2D eigenvalue weighted by Crippen LogP contribution is 2.32. The summed E-state index contributed by atoms with van der Waals surface area (Å²) in [4.78, 5) is 0. The average Bonchev–Trinajstić information content (AvgIpc) is 2.10. The molecule has 0 saturated carbocycles. The third kappa shape index (κ3) is 2.82. The Morgan fingerprint density at radius 2 is 1.67 bits per heavy atom. The highest BCUT2D eigenvalue weighted by Gasteiger charge is 2.24. The third-order valence-electron chi connectivity index (χ3n) is 3.02. The van der Waals surface area contributed by atoms with Crippen molar-refractivity contribution >= 4 is 0 Å². The van der Waals surface area contributed by atoms with Crippen molar-refractivity contribution in [2.24, 2.45) is 5.41 Å². The van der Waals surface area contributed by atoms with Crippen LogP contribution < -0.4 is 5.32 Å². The summed E-state index contributed by atoms with van der Waals surface area (Å²) in [6, 6.07) is 7.15. The Kier molecular flexibility index (Phi) is 3.56. The molecular formula is C14H23N. The molecule has 0 heterocycles. The molecule has 0 aliphatic heterocycles. The van der Waals surface area contributed by atoms with Crippen LogP contribution in [0.3, 0.4) is 0 Å². The fraction of sp³-hybridized carbons (Fsp3) is 0.571. The summed E-state index contributed by atoms with van der Waals surface area (Å²) in [5, 5.41) is 3.40. The smallest absolute Gasteiger partial charge is 0.0366 e. The predicted molar refractivity (Wildman–Crippen MR) is 67.2 cm³/mol. The second-order valence-corrected chi connectivity index (χ2v) is 5.43. The van der Waals surface area contributed by atoms with E-state index < -0.39 is 0 Å². The van der Waals surface area contributed by atoms with E-state index in [0.29, 0.717) is 6.04 Å². The normalized spacial score (nSPS) is 14.0. The number of hydrogen-bond acceptors (Lipinski definition) is 1. The Morgan fingerprint density at radius 1 is 1.07 bits per heavy atom. The van der Waals surface area contributed by atoms with Crippen LogP contribution >= 0.6 is 0 Å². The molecule has 0 amide bonds. The van der Waals surface area contributed by atoms with Crippen LogP contribution in [-0.2, 0) is 0 Å². The first-order valence-electron chi connectivity index (χ1n) is 5.60. The van der Waals surface area contributed by atoms with E-state index in [1.54, 1.807) is 0 Å². The third-order valence-corrected chi connectivity index (χ3v) is 3.02. The Labute approximate surface area is 93.9 Å². The topological polar surface area (TPSA) is 12.0 Å². The van der Waals surface area contributed by atoms with Crippen molar-refractivity contribution in [2.45, 2.75) is 40.7 Å². The van der Waals surface area contributed by atoms with Gasteiger partial charge in [0.15, 0.2) is 0 Å². The first kappa shape index (κ1) is 12.3. The van der Waals surface area contributed by atoms with E-state index in [2.05, 4.69) is 58.1 Å². The van der Waals surface area contributed by atoms with E-state index in [9.17, 15) is 0 Å². The molecular weight excluding hydrogens is 182 g/mol. The van der Waals surface area contributed by atoms with Crippen molar-refractivity contribution < 1.29 is 0 Å². The Balaban J connectivity index is 3.08. The summed E-state index contributed by atoms with van der Waals surface area (Å²) in [5.74, 6) is 0. The minimum atomic E-state index is 0.246. The van der Waals surface area contributed by atoms with E-state index in [4.69, 9.17) is 0 Å². The largest absolute Gasteiger partial charge is 0.313 e. The van der Waals surface area contributed by atoms with Crippen LogP contribution in [0.4, 0.5) is 0 Å². The molecule has 0 saturated heterocycles. The Bertz CT molecular complexity index is 334. The molecule has 15 heavy (non-hydrogen) atoms. The summed E-state index contributed by atoms with van der Waals surface area (Å²) in [6.45, 7) is 11.1. The van der Waals surface area contributed by atoms with Gasteiger partial charge < -0.3 is 5.32 Å². The number of rotatable bonds is 2. The summed E-state index contributed by atoms with van der Waals surface area (Å²) in [7, 11) is 2.03. The van der Waals surface area contributed by atoms with Crippen LogP contribution in [-0.4, -0.2) is 7.05 Å². The van der Waals surface area contributed by atoms with Gasteiger partial charge >= 0.3 is 0 Å². The van der Waals surface area contributed by atoms with Gasteiger partial charge in [-0.25, -0.2) is 0 Å². The van der Waals surface area contributed by atoms with Crippen molar-refractivity contribution in [1.82, 2.24) is 5.32 Å². The second-order valence-electron chi connectivity index (χ2n) is 5.43. The van der Waals surface area contributed by atoms with Gasteiger partial charge in [-0.3, -0.25) is 0 Å². The molecule has 0 spiro atoms. The fourth-order valence-corrected chi connectivity index (χ4v) is 2.04. The zero-order valence-electron chi connectivity index (χ0n) is 10.8. The van der Waals surface area contributed by atoms with Crippen LogP contribution in [0.1, 0.15) is 43.5 Å². The van der Waals surface area contributed by atoms with Crippen molar-refractivity contribution in [3.63, 3.8) is 0 Å². The lowest BCUT2D eigenvalue weighted by Crippen LogP contribution is -2.29. The molecule has 0 aliphatic rings. The van der Waals surface area contributed by atoms with E-state index in [1.807, 2.05) is 7.05 Å². The summed E-state index contributed by atoms with van der Waals surface area (Å²) in [6.07, 6.45) is 0. The number of nitrogens with one attached hydrogen (secondary N) is 1. The molecule has 0 aromatic heterocycles. The first-order chi connectivity index (χ1) is 6.86. The standard InChI is InChI=1S/C14H23N/c1-10-7-8-12(9-11(10)2)13(15-6)14(3,4)5/h7-9,13,15H,1-6H3. The Morgan fingerprint density at radius 3 is 2.07 bits per heavy atom. The molecule has 84 valence electrons. The minimum absolute atomic E-state index is 0.246.